The van der Waals surface area contributed by atoms with Crippen LogP contribution in [-0.2, 0) is 13.7 Å². The Labute approximate surface area is 194 Å². The van der Waals surface area contributed by atoms with E-state index in [-0.39, 0.29) is 11.1 Å². The number of hydrogen-bond donors (Lipinski definition) is 4. The molecule has 6 atom stereocenters. The van der Waals surface area contributed by atoms with Crippen LogP contribution < -0.4 is 5.73 Å². The zero-order valence-electron chi connectivity index (χ0n) is 18.2. The Kier molecular flexibility index (Phi) is 11.1. The number of halogens is 3. The third kappa shape index (κ3) is 7.41. The van der Waals surface area contributed by atoms with Crippen molar-refractivity contribution < 1.29 is 42.1 Å². The largest absolute Gasteiger partial charge is 0.404 e. The van der Waals surface area contributed by atoms with Gasteiger partial charge in [-0.15, -0.1) is 0 Å². The summed E-state index contributed by atoms with van der Waals surface area (Å²) in [6, 6.07) is 0.589. The number of hydrogen-bond acceptors (Lipinski definition) is 9. The molecule has 2 rings (SSSR count). The van der Waals surface area contributed by atoms with Crippen molar-refractivity contribution in [1.82, 2.24) is 0 Å². The normalized spacial score (nSPS) is 27.3. The monoisotopic (exact) mass is 494 g/mol. The SMILES string of the molecule is COC1C(SOCCCC(C)O)OC(CO)C(O)C1N=C/C(=C\N)c1cc(F)c(F)c(F)c1. The summed E-state index contributed by atoms with van der Waals surface area (Å²) in [7, 11) is 1.38. The molecular weight excluding hydrogens is 465 g/mol. The zero-order chi connectivity index (χ0) is 24.5. The van der Waals surface area contributed by atoms with E-state index < -0.39 is 60.0 Å². The van der Waals surface area contributed by atoms with Gasteiger partial charge in [0.05, 0.1) is 19.3 Å². The lowest BCUT2D eigenvalue weighted by Crippen LogP contribution is -2.57. The van der Waals surface area contributed by atoms with Crippen molar-refractivity contribution >= 4 is 23.8 Å². The number of benzene rings is 1. The number of nitrogens with two attached hydrogens (primary N) is 1. The zero-order valence-corrected chi connectivity index (χ0v) is 19.1. The van der Waals surface area contributed by atoms with E-state index in [9.17, 15) is 28.5 Å². The van der Waals surface area contributed by atoms with E-state index in [0.29, 0.717) is 19.4 Å². The summed E-state index contributed by atoms with van der Waals surface area (Å²) in [4.78, 5) is 4.28. The van der Waals surface area contributed by atoms with E-state index in [4.69, 9.17) is 19.4 Å². The quantitative estimate of drug-likeness (QED) is 0.159. The smallest absolute Gasteiger partial charge is 0.194 e. The first-order valence-electron chi connectivity index (χ1n) is 10.3. The Morgan fingerprint density at radius 1 is 1.33 bits per heavy atom. The minimum atomic E-state index is -1.61. The van der Waals surface area contributed by atoms with Gasteiger partial charge in [0, 0.05) is 37.1 Å². The Morgan fingerprint density at radius 2 is 2.00 bits per heavy atom. The molecule has 0 amide bonds. The Morgan fingerprint density at radius 3 is 2.55 bits per heavy atom. The van der Waals surface area contributed by atoms with Crippen molar-refractivity contribution in [2.75, 3.05) is 20.3 Å². The number of ether oxygens (including phenoxy) is 2. The number of aliphatic hydroxyl groups is 3. The Hall–Kier alpha value is -1.67. The van der Waals surface area contributed by atoms with Crippen molar-refractivity contribution in [1.29, 1.82) is 0 Å². The highest BCUT2D eigenvalue weighted by Crippen LogP contribution is 2.32. The minimum absolute atomic E-state index is 0.0563. The second-order valence-electron chi connectivity index (χ2n) is 7.47. The van der Waals surface area contributed by atoms with Gasteiger partial charge in [-0.05, 0) is 37.5 Å². The third-order valence-electron chi connectivity index (χ3n) is 4.99. The highest BCUT2D eigenvalue weighted by molar-refractivity contribution is 7.95. The fourth-order valence-electron chi connectivity index (χ4n) is 3.21. The second kappa shape index (κ2) is 13.3. The van der Waals surface area contributed by atoms with Gasteiger partial charge in [0.2, 0.25) is 0 Å². The number of methoxy groups -OCH3 is 1. The van der Waals surface area contributed by atoms with E-state index in [2.05, 4.69) is 4.99 Å². The first-order chi connectivity index (χ1) is 15.7. The van der Waals surface area contributed by atoms with Gasteiger partial charge in [-0.3, -0.25) is 4.99 Å². The number of allylic oxidation sites excluding steroid dienone is 1. The first-order valence-corrected chi connectivity index (χ1v) is 11.1. The molecule has 1 aromatic carbocycles. The van der Waals surface area contributed by atoms with Crippen LogP contribution in [0.4, 0.5) is 13.2 Å². The summed E-state index contributed by atoms with van der Waals surface area (Å²) in [5, 5.41) is 29.5. The van der Waals surface area contributed by atoms with Crippen molar-refractivity contribution in [2.45, 2.75) is 55.7 Å². The molecule has 0 radical (unpaired) electrons. The summed E-state index contributed by atoms with van der Waals surface area (Å²) in [5.41, 5.74) is 4.81. The average molecular weight is 495 g/mol. The van der Waals surface area contributed by atoms with Crippen LogP contribution in [0.25, 0.3) is 5.57 Å². The average Bonchev–Trinajstić information content (AvgIpc) is 2.78. The fraction of sp³-hybridized carbons (Fsp3) is 0.571. The molecular formula is C21H29F3N2O6S. The van der Waals surface area contributed by atoms with Crippen LogP contribution >= 0.6 is 12.0 Å². The maximum Gasteiger partial charge on any atom is 0.194 e. The van der Waals surface area contributed by atoms with Gasteiger partial charge >= 0.3 is 0 Å². The number of nitrogens with zero attached hydrogens (tertiary/aromatic N) is 1. The van der Waals surface area contributed by atoms with Crippen LogP contribution in [0.15, 0.2) is 23.3 Å². The van der Waals surface area contributed by atoms with Crippen LogP contribution in [0.2, 0.25) is 0 Å². The predicted octanol–water partition coefficient (Wildman–Crippen LogP) is 1.76. The van der Waals surface area contributed by atoms with Crippen molar-refractivity contribution in [3.05, 3.63) is 41.3 Å². The molecule has 1 aliphatic heterocycles. The van der Waals surface area contributed by atoms with Crippen LogP contribution in [0, 0.1) is 17.5 Å². The van der Waals surface area contributed by atoms with Crippen LogP contribution in [0.1, 0.15) is 25.3 Å². The molecule has 0 saturated carbocycles. The molecule has 0 aromatic heterocycles. The molecule has 1 saturated heterocycles. The predicted molar refractivity (Wildman–Crippen MR) is 118 cm³/mol. The van der Waals surface area contributed by atoms with Gasteiger partial charge in [0.15, 0.2) is 22.9 Å². The van der Waals surface area contributed by atoms with Crippen LogP contribution in [0.3, 0.4) is 0 Å². The summed E-state index contributed by atoms with van der Waals surface area (Å²) in [5.74, 6) is -4.38. The van der Waals surface area contributed by atoms with Gasteiger partial charge in [0.1, 0.15) is 24.4 Å². The van der Waals surface area contributed by atoms with Gasteiger partial charge in [-0.25, -0.2) is 13.2 Å². The molecule has 0 bridgehead atoms. The molecule has 6 unspecified atom stereocenters. The summed E-state index contributed by atoms with van der Waals surface area (Å²) >= 11 is 0.943. The maximum atomic E-state index is 13.6. The Balaban J connectivity index is 2.19. The fourth-order valence-corrected chi connectivity index (χ4v) is 4.13. The van der Waals surface area contributed by atoms with Gasteiger partial charge in [0.25, 0.3) is 0 Å². The van der Waals surface area contributed by atoms with E-state index >= 15 is 0 Å². The van der Waals surface area contributed by atoms with E-state index in [0.717, 1.165) is 30.4 Å². The highest BCUT2D eigenvalue weighted by atomic mass is 32.2. The van der Waals surface area contributed by atoms with E-state index in [1.165, 1.54) is 13.3 Å². The van der Waals surface area contributed by atoms with Crippen LogP contribution in [-0.4, -0.2) is 77.8 Å². The second-order valence-corrected chi connectivity index (χ2v) is 8.36. The molecule has 0 spiro atoms. The van der Waals surface area contributed by atoms with Gasteiger partial charge in [-0.2, -0.15) is 0 Å². The number of aliphatic imine (C=N–C) groups is 1. The summed E-state index contributed by atoms with van der Waals surface area (Å²) in [6.07, 6.45) is -0.159. The van der Waals surface area contributed by atoms with Crippen LogP contribution in [0.5, 0.6) is 0 Å². The number of aliphatic hydroxyl groups excluding tert-OH is 3. The van der Waals surface area contributed by atoms with Crippen molar-refractivity contribution in [3.8, 4) is 0 Å². The summed E-state index contributed by atoms with van der Waals surface area (Å²) in [6.45, 7) is 1.50. The molecule has 1 aliphatic rings. The third-order valence-corrected chi connectivity index (χ3v) is 5.86. The van der Waals surface area contributed by atoms with Gasteiger partial charge in [-0.1, -0.05) is 0 Å². The van der Waals surface area contributed by atoms with Crippen molar-refractivity contribution in [2.24, 2.45) is 10.7 Å². The molecule has 0 aliphatic carbocycles. The standard InChI is InChI=1S/C21H29F3N2O6S/c1-11(28)4-3-5-31-33-21-20(30-2)18(19(29)16(10-27)32-21)26-9-13(8-25)12-6-14(22)17(24)15(23)7-12/h6-9,11,16,18-21,27-29H,3-5,10,25H2,1-2H3/b13-8+,26-9?. The molecule has 1 fully saturated rings. The lowest BCUT2D eigenvalue weighted by atomic mass is 9.97. The number of rotatable bonds is 11. The summed E-state index contributed by atoms with van der Waals surface area (Å²) < 4.78 is 57.2. The molecule has 5 N–H and O–H groups in total. The first kappa shape index (κ1) is 27.6. The topological polar surface area (TPSA) is 127 Å². The van der Waals surface area contributed by atoms with E-state index in [1.54, 1.807) is 6.92 Å². The lowest BCUT2D eigenvalue weighted by Gasteiger charge is -2.41. The molecule has 1 aromatic rings. The van der Waals surface area contributed by atoms with Crippen molar-refractivity contribution in [3.63, 3.8) is 0 Å². The minimum Gasteiger partial charge on any atom is -0.404 e. The van der Waals surface area contributed by atoms with Gasteiger partial charge < -0.3 is 34.7 Å². The molecule has 186 valence electrons. The highest BCUT2D eigenvalue weighted by Gasteiger charge is 2.46. The molecule has 12 heteroatoms. The lowest BCUT2D eigenvalue weighted by molar-refractivity contribution is -0.168. The maximum absolute atomic E-state index is 13.6. The Bertz CT molecular complexity index is 806. The molecule has 33 heavy (non-hydrogen) atoms. The van der Waals surface area contributed by atoms with E-state index in [1.807, 2.05) is 0 Å². The molecule has 1 heterocycles. The molecule has 8 nitrogen and oxygen atoms in total.